The van der Waals surface area contributed by atoms with Crippen molar-refractivity contribution < 1.29 is 0 Å². The summed E-state index contributed by atoms with van der Waals surface area (Å²) < 4.78 is 0. The molecular weight excluding hydrogens is 212 g/mol. The highest BCUT2D eigenvalue weighted by Crippen LogP contribution is 2.26. The molecule has 4 heteroatoms. The van der Waals surface area contributed by atoms with Crippen molar-refractivity contribution in [3.63, 3.8) is 0 Å². The van der Waals surface area contributed by atoms with E-state index in [-0.39, 0.29) is 0 Å². The van der Waals surface area contributed by atoms with E-state index in [1.54, 1.807) is 0 Å². The van der Waals surface area contributed by atoms with E-state index in [1.165, 1.54) is 12.1 Å². The van der Waals surface area contributed by atoms with Crippen LogP contribution in [0.4, 0.5) is 11.4 Å². The number of aromatic nitrogens is 1. The molecule has 0 saturated carbocycles. The molecule has 0 amide bonds. The Kier molecular flexibility index (Phi) is 3.52. The molecule has 2 unspecified atom stereocenters. The predicted molar refractivity (Wildman–Crippen MR) is 72.7 cm³/mol. The molecule has 94 valence electrons. The first kappa shape index (κ1) is 12.2. The monoisotopic (exact) mass is 234 g/mol. The first-order chi connectivity index (χ1) is 8.08. The summed E-state index contributed by atoms with van der Waals surface area (Å²) in [6.45, 7) is 3.38. The van der Waals surface area contributed by atoms with Gasteiger partial charge >= 0.3 is 0 Å². The maximum absolute atomic E-state index is 4.21. The van der Waals surface area contributed by atoms with Crippen molar-refractivity contribution in [1.29, 1.82) is 0 Å². The van der Waals surface area contributed by atoms with Gasteiger partial charge in [0.05, 0.1) is 17.6 Å². The van der Waals surface area contributed by atoms with Gasteiger partial charge in [-0.2, -0.15) is 0 Å². The molecule has 4 nitrogen and oxygen atoms in total. The van der Waals surface area contributed by atoms with Crippen LogP contribution in [0.1, 0.15) is 13.3 Å². The molecule has 1 aliphatic rings. The van der Waals surface area contributed by atoms with Crippen molar-refractivity contribution in [2.45, 2.75) is 25.4 Å². The van der Waals surface area contributed by atoms with Crippen LogP contribution in [0.3, 0.4) is 0 Å². The lowest BCUT2D eigenvalue weighted by molar-refractivity contribution is 0.330. The molecule has 1 fully saturated rings. The van der Waals surface area contributed by atoms with Crippen LogP contribution in [0.15, 0.2) is 18.5 Å². The Balaban J connectivity index is 2.09. The average molecular weight is 234 g/mol. The Labute approximate surface area is 104 Å². The fourth-order valence-corrected chi connectivity index (χ4v) is 2.41. The van der Waals surface area contributed by atoms with Gasteiger partial charge in [-0.05, 0) is 26.5 Å². The Morgan fingerprint density at radius 1 is 1.47 bits per heavy atom. The van der Waals surface area contributed by atoms with Crippen LogP contribution in [-0.2, 0) is 0 Å². The molecule has 1 aliphatic heterocycles. The highest BCUT2D eigenvalue weighted by Gasteiger charge is 2.26. The van der Waals surface area contributed by atoms with Crippen LogP contribution >= 0.6 is 0 Å². The van der Waals surface area contributed by atoms with Gasteiger partial charge in [0.1, 0.15) is 0 Å². The van der Waals surface area contributed by atoms with Crippen molar-refractivity contribution in [2.75, 3.05) is 37.9 Å². The van der Waals surface area contributed by atoms with Crippen LogP contribution in [0.5, 0.6) is 0 Å². The zero-order chi connectivity index (χ0) is 12.4. The van der Waals surface area contributed by atoms with E-state index < -0.39 is 0 Å². The lowest BCUT2D eigenvalue weighted by atomic mass is 10.2. The van der Waals surface area contributed by atoms with Gasteiger partial charge in [-0.3, -0.25) is 4.98 Å². The quantitative estimate of drug-likeness (QED) is 0.862. The van der Waals surface area contributed by atoms with Gasteiger partial charge in [0.2, 0.25) is 0 Å². The number of anilines is 2. The Bertz CT molecular complexity index is 367. The molecule has 1 aromatic heterocycles. The summed E-state index contributed by atoms with van der Waals surface area (Å²) >= 11 is 0. The van der Waals surface area contributed by atoms with Gasteiger partial charge in [-0.1, -0.05) is 0 Å². The predicted octanol–water partition coefficient (Wildman–Crippen LogP) is 1.65. The molecule has 17 heavy (non-hydrogen) atoms. The van der Waals surface area contributed by atoms with E-state index >= 15 is 0 Å². The van der Waals surface area contributed by atoms with E-state index in [0.717, 1.165) is 12.2 Å². The van der Waals surface area contributed by atoms with Gasteiger partial charge in [-0.25, -0.2) is 0 Å². The molecule has 1 N–H and O–H groups in total. The normalized spacial score (nSPS) is 24.9. The SMILES string of the molecule is CC1CC(Nc2cnccc2N(C)C)CN1C. The number of rotatable bonds is 3. The summed E-state index contributed by atoms with van der Waals surface area (Å²) in [6.07, 6.45) is 4.94. The number of likely N-dealkylation sites (tertiary alicyclic amines) is 1. The Hall–Kier alpha value is -1.29. The topological polar surface area (TPSA) is 31.4 Å². The summed E-state index contributed by atoms with van der Waals surface area (Å²) in [4.78, 5) is 8.71. The number of hydrogen-bond donors (Lipinski definition) is 1. The molecule has 0 aromatic carbocycles. The maximum Gasteiger partial charge on any atom is 0.0766 e. The van der Waals surface area contributed by atoms with E-state index in [1.807, 2.05) is 18.5 Å². The van der Waals surface area contributed by atoms with E-state index in [4.69, 9.17) is 0 Å². The number of nitrogens with zero attached hydrogens (tertiary/aromatic N) is 3. The molecule has 0 bridgehead atoms. The van der Waals surface area contributed by atoms with Gasteiger partial charge in [0, 0.05) is 38.9 Å². The van der Waals surface area contributed by atoms with E-state index in [2.05, 4.69) is 48.2 Å². The fourth-order valence-electron chi connectivity index (χ4n) is 2.41. The minimum atomic E-state index is 0.526. The third kappa shape index (κ3) is 2.69. The highest BCUT2D eigenvalue weighted by atomic mass is 15.2. The van der Waals surface area contributed by atoms with Gasteiger partial charge < -0.3 is 15.1 Å². The average Bonchev–Trinajstić information content (AvgIpc) is 2.58. The van der Waals surface area contributed by atoms with Gasteiger partial charge in [0.25, 0.3) is 0 Å². The molecule has 2 heterocycles. The van der Waals surface area contributed by atoms with Gasteiger partial charge in [-0.15, -0.1) is 0 Å². The maximum atomic E-state index is 4.21. The molecule has 2 rings (SSSR count). The molecule has 0 radical (unpaired) electrons. The fraction of sp³-hybridized carbons (Fsp3) is 0.615. The van der Waals surface area contributed by atoms with Crippen molar-refractivity contribution in [3.8, 4) is 0 Å². The first-order valence-corrected chi connectivity index (χ1v) is 6.16. The number of hydrogen-bond acceptors (Lipinski definition) is 4. The minimum Gasteiger partial charge on any atom is -0.378 e. The third-order valence-corrected chi connectivity index (χ3v) is 3.53. The Morgan fingerprint density at radius 3 is 2.82 bits per heavy atom. The molecule has 1 saturated heterocycles. The standard InChI is InChI=1S/C13H22N4/c1-10-7-11(9-17(10)4)15-12-8-14-6-5-13(12)16(2)3/h5-6,8,10-11,15H,7,9H2,1-4H3. The summed E-state index contributed by atoms with van der Waals surface area (Å²) in [5, 5.41) is 3.61. The molecule has 0 spiro atoms. The van der Waals surface area contributed by atoms with Crippen molar-refractivity contribution in [1.82, 2.24) is 9.88 Å². The zero-order valence-electron chi connectivity index (χ0n) is 11.1. The lowest BCUT2D eigenvalue weighted by Gasteiger charge is -2.20. The largest absolute Gasteiger partial charge is 0.378 e. The number of likely N-dealkylation sites (N-methyl/N-ethyl adjacent to an activating group) is 1. The molecule has 1 aromatic rings. The second kappa shape index (κ2) is 4.92. The van der Waals surface area contributed by atoms with Crippen molar-refractivity contribution >= 4 is 11.4 Å². The second-order valence-corrected chi connectivity index (χ2v) is 5.15. The van der Waals surface area contributed by atoms with Crippen LogP contribution in [0.25, 0.3) is 0 Å². The smallest absolute Gasteiger partial charge is 0.0766 e. The van der Waals surface area contributed by atoms with E-state index in [0.29, 0.717) is 12.1 Å². The molecular formula is C13H22N4. The summed E-state index contributed by atoms with van der Waals surface area (Å²) in [5.41, 5.74) is 2.33. The molecule has 2 atom stereocenters. The van der Waals surface area contributed by atoms with Crippen LogP contribution in [0.2, 0.25) is 0 Å². The second-order valence-electron chi connectivity index (χ2n) is 5.15. The van der Waals surface area contributed by atoms with Crippen molar-refractivity contribution in [3.05, 3.63) is 18.5 Å². The van der Waals surface area contributed by atoms with E-state index in [9.17, 15) is 0 Å². The van der Waals surface area contributed by atoms with Gasteiger partial charge in [0.15, 0.2) is 0 Å². The first-order valence-electron chi connectivity index (χ1n) is 6.16. The Morgan fingerprint density at radius 2 is 2.24 bits per heavy atom. The van der Waals surface area contributed by atoms with Crippen molar-refractivity contribution in [2.24, 2.45) is 0 Å². The lowest BCUT2D eigenvalue weighted by Crippen LogP contribution is -2.25. The highest BCUT2D eigenvalue weighted by molar-refractivity contribution is 5.68. The third-order valence-electron chi connectivity index (χ3n) is 3.53. The van der Waals surface area contributed by atoms with Crippen LogP contribution in [0, 0.1) is 0 Å². The molecule has 0 aliphatic carbocycles. The summed E-state index contributed by atoms with van der Waals surface area (Å²) in [5.74, 6) is 0. The summed E-state index contributed by atoms with van der Waals surface area (Å²) in [7, 11) is 6.30. The van der Waals surface area contributed by atoms with Crippen LogP contribution in [-0.4, -0.2) is 49.7 Å². The summed E-state index contributed by atoms with van der Waals surface area (Å²) in [6, 6.07) is 3.23. The van der Waals surface area contributed by atoms with Crippen LogP contribution < -0.4 is 10.2 Å². The minimum absolute atomic E-state index is 0.526. The number of pyridine rings is 1. The number of nitrogens with one attached hydrogen (secondary N) is 1. The zero-order valence-corrected chi connectivity index (χ0v) is 11.1.